The molecule has 9 aromatic rings. The van der Waals surface area contributed by atoms with Gasteiger partial charge in [0, 0.05) is 23.7 Å². The Kier molecular flexibility index (Phi) is 17.2. The van der Waals surface area contributed by atoms with Gasteiger partial charge in [-0.15, -0.1) is 37.5 Å². The van der Waals surface area contributed by atoms with Crippen LogP contribution in [0, 0.1) is 49.4 Å². The van der Waals surface area contributed by atoms with Crippen molar-refractivity contribution in [2.24, 2.45) is 0 Å². The van der Waals surface area contributed by atoms with Gasteiger partial charge in [-0.1, -0.05) is 208 Å². The van der Waals surface area contributed by atoms with E-state index < -0.39 is 5.41 Å². The Hall–Kier alpha value is -8.66. The molecule has 0 N–H and O–H groups in total. The number of hydrogen-bond acceptors (Lipinski definition) is 2. The predicted molar refractivity (Wildman–Crippen MR) is 325 cm³/mol. The smallest absolute Gasteiger partial charge is 0.148 e. The molecule has 2 unspecified atom stereocenters. The molecule has 0 aliphatic heterocycles. The first-order valence-corrected chi connectivity index (χ1v) is 26.4. The van der Waals surface area contributed by atoms with E-state index in [4.69, 9.17) is 35.2 Å². The van der Waals surface area contributed by atoms with Gasteiger partial charge in [-0.05, 0) is 148 Å². The van der Waals surface area contributed by atoms with E-state index in [9.17, 15) is 0 Å². The Morgan fingerprint density at radius 1 is 0.342 bits per heavy atom. The average molecular weight is 991 g/mol. The quantitative estimate of drug-likeness (QED) is 0.141. The van der Waals surface area contributed by atoms with E-state index in [1.165, 1.54) is 77.9 Å². The van der Waals surface area contributed by atoms with Crippen molar-refractivity contribution in [3.8, 4) is 94.3 Å². The minimum absolute atomic E-state index is 0. The second-order valence-electron chi connectivity index (χ2n) is 18.7. The summed E-state index contributed by atoms with van der Waals surface area (Å²) in [4.78, 5) is 0. The van der Waals surface area contributed by atoms with E-state index >= 15 is 0 Å². The van der Waals surface area contributed by atoms with Crippen LogP contribution >= 0.6 is 0 Å². The molecule has 12 rings (SSSR count). The summed E-state index contributed by atoms with van der Waals surface area (Å²) in [6.45, 7) is 17.1. The SMILES string of the molecule is C.C#CCC1(C)c2ccccc2-c2cc3c(cc21)-c1ccccc1C3(C)CC#C.C#CCOc1ccc2cc(C3(c4ccc5cc(OCC#C)ccc5c4)c4ccccc4-c4ccccc43)ccc2c1.CC.CC.CC. The summed E-state index contributed by atoms with van der Waals surface area (Å²) in [5.74, 6) is 12.5. The van der Waals surface area contributed by atoms with Crippen LogP contribution in [-0.2, 0) is 16.2 Å². The topological polar surface area (TPSA) is 18.5 Å². The number of ether oxygens (including phenoxy) is 2. The summed E-state index contributed by atoms with van der Waals surface area (Å²) in [5, 5.41) is 4.51. The minimum atomic E-state index is -0.493. The van der Waals surface area contributed by atoms with Crippen LogP contribution < -0.4 is 9.47 Å². The Morgan fingerprint density at radius 3 is 1.01 bits per heavy atom. The zero-order chi connectivity index (χ0) is 53.3. The molecule has 2 atom stereocenters. The Bertz CT molecular complexity index is 3480. The average Bonchev–Trinajstić information content (AvgIpc) is 4.24. The van der Waals surface area contributed by atoms with Crippen molar-refractivity contribution >= 4 is 21.5 Å². The van der Waals surface area contributed by atoms with Gasteiger partial charge in [0.05, 0.1) is 5.41 Å². The molecule has 76 heavy (non-hydrogen) atoms. The van der Waals surface area contributed by atoms with Crippen molar-refractivity contribution in [1.29, 1.82) is 0 Å². The molecule has 2 heteroatoms. The highest BCUT2D eigenvalue weighted by Crippen LogP contribution is 2.59. The Morgan fingerprint density at radius 2 is 0.658 bits per heavy atom. The van der Waals surface area contributed by atoms with Crippen LogP contribution in [0.3, 0.4) is 0 Å². The molecular weight excluding hydrogens is 921 g/mol. The number of benzene rings is 9. The van der Waals surface area contributed by atoms with Crippen LogP contribution in [0.25, 0.3) is 54.9 Å². The second-order valence-corrected chi connectivity index (χ2v) is 18.7. The fourth-order valence-electron chi connectivity index (χ4n) is 11.8. The Balaban J connectivity index is 0.000000210. The molecule has 9 aromatic carbocycles. The van der Waals surface area contributed by atoms with E-state index in [1.807, 2.05) is 53.7 Å². The molecule has 2 nitrogen and oxygen atoms in total. The number of terminal acetylenes is 4. The van der Waals surface area contributed by atoms with Gasteiger partial charge in [0.25, 0.3) is 0 Å². The van der Waals surface area contributed by atoms with E-state index in [2.05, 4.69) is 207 Å². The second kappa shape index (κ2) is 23.7. The van der Waals surface area contributed by atoms with Gasteiger partial charge >= 0.3 is 0 Å². The van der Waals surface area contributed by atoms with Gasteiger partial charge in [-0.3, -0.25) is 0 Å². The molecule has 0 fully saturated rings. The molecule has 0 saturated heterocycles. The maximum Gasteiger partial charge on any atom is 0.148 e. The first-order chi connectivity index (χ1) is 36.8. The monoisotopic (exact) mass is 991 g/mol. The summed E-state index contributed by atoms with van der Waals surface area (Å²) in [5.41, 5.74) is 17.3. The molecule has 0 spiro atoms. The van der Waals surface area contributed by atoms with Crippen LogP contribution in [0.2, 0.25) is 0 Å². The normalized spacial score (nSPS) is 15.6. The highest BCUT2D eigenvalue weighted by atomic mass is 16.5. The highest BCUT2D eigenvalue weighted by Gasteiger charge is 2.47. The summed E-state index contributed by atoms with van der Waals surface area (Å²) in [6, 6.07) is 65.6. The number of rotatable bonds is 8. The van der Waals surface area contributed by atoms with E-state index in [0.29, 0.717) is 12.8 Å². The van der Waals surface area contributed by atoms with Crippen LogP contribution in [-0.4, -0.2) is 13.2 Å². The molecule has 378 valence electrons. The zero-order valence-corrected chi connectivity index (χ0v) is 44.8. The van der Waals surface area contributed by atoms with Gasteiger partial charge in [0.15, 0.2) is 0 Å². The Labute approximate surface area is 454 Å². The van der Waals surface area contributed by atoms with Crippen molar-refractivity contribution in [3.63, 3.8) is 0 Å². The third kappa shape index (κ3) is 9.21. The van der Waals surface area contributed by atoms with Gasteiger partial charge in [-0.2, -0.15) is 0 Å². The standard InChI is InChI=1S/C39H26O2.C28H22.3C2H6.CH4/c1-3-21-40-33-19-15-27-23-31(17-13-29(27)25-33)39(37-11-7-5-9-35(37)36-10-6-8-12-38(36)39)32-18-14-30-26-34(41-22-4-2)20-16-28(30)24-32;1-5-15-27(3)23-13-9-7-11-19(23)21-18-26-22(17-25(21)27)20-12-8-10-14-24(20)28(26,4)16-6-2;3*1-2;/h1-2,5-20,23-26H,21-22H2;1-2,7-14,17-18H,15-16H2,3-4H3;3*1-2H3;1H4. The molecule has 0 amide bonds. The molecular formula is C74H70O2. The fraction of sp³-hybridized carbons (Fsp3) is 0.216. The summed E-state index contributed by atoms with van der Waals surface area (Å²) < 4.78 is 11.4. The van der Waals surface area contributed by atoms with Crippen LogP contribution in [0.5, 0.6) is 11.5 Å². The molecule has 3 aliphatic carbocycles. The van der Waals surface area contributed by atoms with Crippen LogP contribution in [0.1, 0.15) is 120 Å². The van der Waals surface area contributed by atoms with Gasteiger partial charge in [-0.25, -0.2) is 0 Å². The number of hydrogen-bond donors (Lipinski definition) is 0. The molecule has 3 aliphatic rings. The molecule has 0 radical (unpaired) electrons. The van der Waals surface area contributed by atoms with E-state index in [0.717, 1.165) is 33.0 Å². The fourth-order valence-corrected chi connectivity index (χ4v) is 11.8. The lowest BCUT2D eigenvalue weighted by Gasteiger charge is -2.34. The van der Waals surface area contributed by atoms with E-state index in [1.54, 1.807) is 0 Å². The minimum Gasteiger partial charge on any atom is -0.481 e. The van der Waals surface area contributed by atoms with Crippen molar-refractivity contribution in [3.05, 3.63) is 226 Å². The zero-order valence-electron chi connectivity index (χ0n) is 44.8. The van der Waals surface area contributed by atoms with Crippen LogP contribution in [0.4, 0.5) is 0 Å². The summed E-state index contributed by atoms with van der Waals surface area (Å²) in [7, 11) is 0. The maximum atomic E-state index is 5.81. The van der Waals surface area contributed by atoms with Gasteiger partial charge < -0.3 is 9.47 Å². The maximum absolute atomic E-state index is 5.81. The van der Waals surface area contributed by atoms with Gasteiger partial charge in [0.2, 0.25) is 0 Å². The first-order valence-electron chi connectivity index (χ1n) is 26.4. The van der Waals surface area contributed by atoms with E-state index in [-0.39, 0.29) is 31.5 Å². The van der Waals surface area contributed by atoms with Crippen molar-refractivity contribution in [2.75, 3.05) is 13.2 Å². The first kappa shape index (κ1) is 55.1. The summed E-state index contributed by atoms with van der Waals surface area (Å²) in [6.07, 6.45) is 23.8. The number of fused-ring (bicyclic) bond motifs is 11. The third-order valence-corrected chi connectivity index (χ3v) is 15.0. The lowest BCUT2D eigenvalue weighted by molar-refractivity contribution is 0.371. The van der Waals surface area contributed by atoms with Crippen molar-refractivity contribution in [2.45, 2.75) is 91.9 Å². The molecule has 0 saturated carbocycles. The highest BCUT2D eigenvalue weighted by molar-refractivity contribution is 5.93. The predicted octanol–water partition coefficient (Wildman–Crippen LogP) is 18.4. The third-order valence-electron chi connectivity index (χ3n) is 15.0. The molecule has 0 heterocycles. The lowest BCUT2D eigenvalue weighted by Crippen LogP contribution is -2.28. The van der Waals surface area contributed by atoms with Gasteiger partial charge in [0.1, 0.15) is 24.7 Å². The lowest BCUT2D eigenvalue weighted by atomic mass is 9.67. The van der Waals surface area contributed by atoms with Crippen molar-refractivity contribution < 1.29 is 9.47 Å². The van der Waals surface area contributed by atoms with Crippen molar-refractivity contribution in [1.82, 2.24) is 0 Å². The molecule has 0 aromatic heterocycles. The largest absolute Gasteiger partial charge is 0.481 e. The molecule has 0 bridgehead atoms. The van der Waals surface area contributed by atoms with Crippen LogP contribution in [0.15, 0.2) is 182 Å². The summed E-state index contributed by atoms with van der Waals surface area (Å²) >= 11 is 0.